The second-order valence-electron chi connectivity index (χ2n) is 7.58. The molecule has 2 atom stereocenters. The van der Waals surface area contributed by atoms with Crippen LogP contribution < -0.4 is 32.5 Å². The first kappa shape index (κ1) is 17.8. The number of hydrogen-bond acceptors (Lipinski definition) is 6. The number of halogens is 1. The number of anilines is 1. The molecule has 9 heteroatoms. The predicted octanol–water partition coefficient (Wildman–Crippen LogP) is 0.374. The number of pyridine rings is 1. The van der Waals surface area contributed by atoms with Crippen LogP contribution in [0.2, 0.25) is 0 Å². The van der Waals surface area contributed by atoms with Crippen molar-refractivity contribution >= 4 is 11.2 Å². The number of rotatable bonds is 4. The SMILES string of the molecule is COc1c(N2CCC([C@@H](C)N)C2)c(F)cn2c(=O)n(N)c(=O)c(C3CC3)c12. The highest BCUT2D eigenvalue weighted by Gasteiger charge is 2.35. The normalized spacial score (nSPS) is 21.0. The third-order valence-electron chi connectivity index (χ3n) is 5.73. The van der Waals surface area contributed by atoms with E-state index in [1.165, 1.54) is 7.11 Å². The Morgan fingerprint density at radius 1 is 1.30 bits per heavy atom. The van der Waals surface area contributed by atoms with Crippen molar-refractivity contribution in [2.24, 2.45) is 11.7 Å². The molecular formula is C18H24FN5O3. The molecule has 3 heterocycles. The van der Waals surface area contributed by atoms with Crippen molar-refractivity contribution in [3.05, 3.63) is 38.4 Å². The van der Waals surface area contributed by atoms with Gasteiger partial charge in [0, 0.05) is 19.1 Å². The van der Waals surface area contributed by atoms with Crippen molar-refractivity contribution in [3.8, 4) is 5.75 Å². The maximum atomic E-state index is 15.1. The molecule has 2 aromatic rings. The lowest BCUT2D eigenvalue weighted by atomic mass is 10.0. The molecule has 2 aromatic heterocycles. The molecule has 2 aliphatic rings. The molecule has 2 fully saturated rings. The van der Waals surface area contributed by atoms with Gasteiger partial charge in [0.05, 0.1) is 18.9 Å². The average molecular weight is 377 g/mol. The van der Waals surface area contributed by atoms with E-state index < -0.39 is 17.1 Å². The number of methoxy groups -OCH3 is 1. The average Bonchev–Trinajstić information content (AvgIpc) is 3.35. The van der Waals surface area contributed by atoms with Gasteiger partial charge in [-0.3, -0.25) is 9.20 Å². The number of hydrogen-bond donors (Lipinski definition) is 2. The van der Waals surface area contributed by atoms with Crippen molar-refractivity contribution in [1.29, 1.82) is 0 Å². The van der Waals surface area contributed by atoms with Crippen LogP contribution in [-0.4, -0.2) is 35.3 Å². The Labute approximate surface area is 155 Å². The minimum absolute atomic E-state index is 0.00130. The summed E-state index contributed by atoms with van der Waals surface area (Å²) in [6.07, 6.45) is 3.60. The van der Waals surface area contributed by atoms with Crippen LogP contribution in [0.5, 0.6) is 5.75 Å². The van der Waals surface area contributed by atoms with Gasteiger partial charge in [-0.25, -0.2) is 9.18 Å². The molecule has 0 radical (unpaired) electrons. The van der Waals surface area contributed by atoms with Gasteiger partial charge in [0.1, 0.15) is 11.2 Å². The Morgan fingerprint density at radius 2 is 2.00 bits per heavy atom. The van der Waals surface area contributed by atoms with E-state index in [2.05, 4.69) is 0 Å². The zero-order chi connectivity index (χ0) is 19.5. The van der Waals surface area contributed by atoms with Crippen LogP contribution in [0.15, 0.2) is 15.8 Å². The summed E-state index contributed by atoms with van der Waals surface area (Å²) < 4.78 is 22.3. The fourth-order valence-electron chi connectivity index (χ4n) is 4.05. The van der Waals surface area contributed by atoms with Gasteiger partial charge in [-0.05, 0) is 38.0 Å². The van der Waals surface area contributed by atoms with Crippen LogP contribution in [0, 0.1) is 11.7 Å². The molecule has 0 spiro atoms. The molecule has 1 saturated carbocycles. The summed E-state index contributed by atoms with van der Waals surface area (Å²) in [5.74, 6) is 5.51. The molecule has 1 unspecified atom stereocenters. The van der Waals surface area contributed by atoms with Gasteiger partial charge in [-0.15, -0.1) is 0 Å². The first-order valence-electron chi connectivity index (χ1n) is 9.18. The number of nitrogens with two attached hydrogens (primary N) is 2. The highest BCUT2D eigenvalue weighted by molar-refractivity contribution is 5.78. The molecule has 1 saturated heterocycles. The van der Waals surface area contributed by atoms with Gasteiger partial charge in [0.25, 0.3) is 5.56 Å². The van der Waals surface area contributed by atoms with E-state index in [1.807, 2.05) is 11.8 Å². The largest absolute Gasteiger partial charge is 0.492 e. The van der Waals surface area contributed by atoms with Crippen molar-refractivity contribution in [2.45, 2.75) is 38.1 Å². The second-order valence-corrected chi connectivity index (χ2v) is 7.58. The third kappa shape index (κ3) is 2.68. The van der Waals surface area contributed by atoms with E-state index in [1.54, 1.807) is 0 Å². The fourth-order valence-corrected chi connectivity index (χ4v) is 4.05. The summed E-state index contributed by atoms with van der Waals surface area (Å²) in [5, 5.41) is 0. The van der Waals surface area contributed by atoms with Gasteiger partial charge in [0.15, 0.2) is 11.6 Å². The van der Waals surface area contributed by atoms with Gasteiger partial charge in [-0.1, -0.05) is 0 Å². The zero-order valence-electron chi connectivity index (χ0n) is 15.4. The van der Waals surface area contributed by atoms with Crippen LogP contribution in [0.25, 0.3) is 5.52 Å². The molecule has 8 nitrogen and oxygen atoms in total. The highest BCUT2D eigenvalue weighted by atomic mass is 19.1. The molecule has 1 aliphatic carbocycles. The van der Waals surface area contributed by atoms with E-state index >= 15 is 4.39 Å². The lowest BCUT2D eigenvalue weighted by Crippen LogP contribution is -2.44. The first-order chi connectivity index (χ1) is 12.8. The Morgan fingerprint density at radius 3 is 2.56 bits per heavy atom. The summed E-state index contributed by atoms with van der Waals surface area (Å²) in [7, 11) is 1.42. The maximum absolute atomic E-state index is 15.1. The van der Waals surface area contributed by atoms with Crippen LogP contribution in [0.3, 0.4) is 0 Å². The van der Waals surface area contributed by atoms with Gasteiger partial charge < -0.3 is 21.2 Å². The zero-order valence-corrected chi connectivity index (χ0v) is 15.4. The number of ether oxygens (including phenoxy) is 1. The molecule has 0 bridgehead atoms. The molecule has 4 rings (SSSR count). The van der Waals surface area contributed by atoms with Crippen molar-refractivity contribution in [1.82, 2.24) is 9.08 Å². The third-order valence-corrected chi connectivity index (χ3v) is 5.73. The monoisotopic (exact) mass is 377 g/mol. The van der Waals surface area contributed by atoms with Crippen LogP contribution in [0.4, 0.5) is 10.1 Å². The molecule has 27 heavy (non-hydrogen) atoms. The lowest BCUT2D eigenvalue weighted by molar-refractivity contribution is 0.412. The molecular weight excluding hydrogens is 353 g/mol. The minimum atomic E-state index is -0.793. The Hall–Kier alpha value is -2.55. The maximum Gasteiger partial charge on any atom is 0.354 e. The van der Waals surface area contributed by atoms with Gasteiger partial charge >= 0.3 is 5.69 Å². The summed E-state index contributed by atoms with van der Waals surface area (Å²) in [5.41, 5.74) is 5.68. The number of nitrogen functional groups attached to an aromatic ring is 1. The second kappa shape index (κ2) is 6.26. The van der Waals surface area contributed by atoms with Crippen LogP contribution in [0.1, 0.15) is 37.7 Å². The molecule has 0 aromatic carbocycles. The van der Waals surface area contributed by atoms with E-state index in [-0.39, 0.29) is 29.3 Å². The molecule has 0 amide bonds. The van der Waals surface area contributed by atoms with E-state index in [9.17, 15) is 9.59 Å². The Balaban J connectivity index is 2.01. The topological polar surface area (TPSA) is 108 Å². The van der Waals surface area contributed by atoms with E-state index in [4.69, 9.17) is 16.3 Å². The van der Waals surface area contributed by atoms with Crippen LogP contribution in [-0.2, 0) is 0 Å². The summed E-state index contributed by atoms with van der Waals surface area (Å²) in [4.78, 5) is 27.0. The molecule has 1 aliphatic heterocycles. The summed E-state index contributed by atoms with van der Waals surface area (Å²) in [6.45, 7) is 3.17. The first-order valence-corrected chi connectivity index (χ1v) is 9.18. The molecule has 146 valence electrons. The summed E-state index contributed by atoms with van der Waals surface area (Å²) >= 11 is 0. The molecule has 4 N–H and O–H groups in total. The standard InChI is InChI=1S/C18H24FN5O3/c1-9(20)11-5-6-22(7-11)14-12(19)8-23-15(16(14)27-2)13(10-3-4-10)17(25)24(21)18(23)26/h8-11H,3-7,20-21H2,1-2H3/t9-,11?/m1/s1. The van der Waals surface area contributed by atoms with Gasteiger partial charge in [-0.2, -0.15) is 4.68 Å². The predicted molar refractivity (Wildman–Crippen MR) is 101 cm³/mol. The van der Waals surface area contributed by atoms with Crippen molar-refractivity contribution in [2.75, 3.05) is 30.9 Å². The number of nitrogens with zero attached hydrogens (tertiary/aromatic N) is 3. The fraction of sp³-hybridized carbons (Fsp3) is 0.556. The van der Waals surface area contributed by atoms with E-state index in [0.29, 0.717) is 28.8 Å². The minimum Gasteiger partial charge on any atom is -0.492 e. The number of fused-ring (bicyclic) bond motifs is 1. The number of aromatic nitrogens is 2. The van der Waals surface area contributed by atoms with Crippen LogP contribution >= 0.6 is 0 Å². The van der Waals surface area contributed by atoms with Crippen molar-refractivity contribution in [3.63, 3.8) is 0 Å². The van der Waals surface area contributed by atoms with Gasteiger partial charge in [0.2, 0.25) is 0 Å². The highest BCUT2D eigenvalue weighted by Crippen LogP contribution is 2.45. The lowest BCUT2D eigenvalue weighted by Gasteiger charge is -2.24. The van der Waals surface area contributed by atoms with Crippen molar-refractivity contribution < 1.29 is 9.13 Å². The smallest absolute Gasteiger partial charge is 0.354 e. The quantitative estimate of drug-likeness (QED) is 0.746. The Kier molecular flexibility index (Phi) is 4.14. The summed E-state index contributed by atoms with van der Waals surface area (Å²) in [6, 6.07) is -0.00130. The Bertz CT molecular complexity index is 1020. The van der Waals surface area contributed by atoms with E-state index in [0.717, 1.165) is 29.9 Å².